The molecule has 0 spiro atoms. The van der Waals surface area contributed by atoms with Gasteiger partial charge in [-0.3, -0.25) is 4.72 Å². The molecule has 0 unspecified atom stereocenters. The number of ether oxygens (including phenoxy) is 1. The molecular formula is C11H8Br2ClN3O3S. The lowest BCUT2D eigenvalue weighted by Gasteiger charge is -2.12. The maximum Gasteiger partial charge on any atom is 0.265 e. The monoisotopic (exact) mass is 455 g/mol. The summed E-state index contributed by atoms with van der Waals surface area (Å²) < 4.78 is 33.3. The van der Waals surface area contributed by atoms with Crippen LogP contribution in [0.25, 0.3) is 0 Å². The molecule has 2 aromatic rings. The SMILES string of the molecule is COc1cc(NS(=O)(=O)c2cnc(Cl)nc2)c(Br)cc1Br. The van der Waals surface area contributed by atoms with Gasteiger partial charge in [0.25, 0.3) is 10.0 Å². The predicted octanol–water partition coefficient (Wildman–Crippen LogP) is 3.46. The van der Waals surface area contributed by atoms with E-state index in [0.29, 0.717) is 20.4 Å². The van der Waals surface area contributed by atoms with Crippen molar-refractivity contribution < 1.29 is 13.2 Å². The Morgan fingerprint density at radius 1 is 1.19 bits per heavy atom. The van der Waals surface area contributed by atoms with Gasteiger partial charge in [0.15, 0.2) is 0 Å². The van der Waals surface area contributed by atoms with E-state index in [1.165, 1.54) is 7.11 Å². The van der Waals surface area contributed by atoms with E-state index in [9.17, 15) is 8.42 Å². The Hall–Kier alpha value is -0.900. The van der Waals surface area contributed by atoms with Gasteiger partial charge in [0.05, 0.1) is 29.7 Å². The highest BCUT2D eigenvalue weighted by Crippen LogP contribution is 2.35. The second-order valence-electron chi connectivity index (χ2n) is 3.76. The average Bonchev–Trinajstić information content (AvgIpc) is 2.42. The second kappa shape index (κ2) is 6.47. The summed E-state index contributed by atoms with van der Waals surface area (Å²) in [7, 11) is -2.34. The second-order valence-corrected chi connectivity index (χ2v) is 7.49. The van der Waals surface area contributed by atoms with Crippen molar-refractivity contribution in [2.24, 2.45) is 0 Å². The summed E-state index contributed by atoms with van der Waals surface area (Å²) in [5.41, 5.74) is 0.324. The Kier molecular flexibility index (Phi) is 5.07. The van der Waals surface area contributed by atoms with Crippen LogP contribution >= 0.6 is 43.5 Å². The van der Waals surface area contributed by atoms with Crippen LogP contribution in [0.4, 0.5) is 5.69 Å². The average molecular weight is 458 g/mol. The standard InChI is InChI=1S/C11H8Br2ClN3O3S/c1-20-10-3-9(7(12)2-8(10)13)17-21(18,19)6-4-15-11(14)16-5-6/h2-5,17H,1H3. The van der Waals surface area contributed by atoms with E-state index in [4.69, 9.17) is 16.3 Å². The number of anilines is 1. The number of aromatic nitrogens is 2. The van der Waals surface area contributed by atoms with Crippen molar-refractivity contribution >= 4 is 59.2 Å². The highest BCUT2D eigenvalue weighted by Gasteiger charge is 2.18. The van der Waals surface area contributed by atoms with Crippen LogP contribution in [0.1, 0.15) is 0 Å². The summed E-state index contributed by atoms with van der Waals surface area (Å²) in [5.74, 6) is 0.489. The number of benzene rings is 1. The van der Waals surface area contributed by atoms with E-state index in [-0.39, 0.29) is 10.2 Å². The fraction of sp³-hybridized carbons (Fsp3) is 0.0909. The molecule has 1 heterocycles. The number of halogens is 3. The van der Waals surface area contributed by atoms with Crippen molar-refractivity contribution in [3.05, 3.63) is 38.8 Å². The summed E-state index contributed by atoms with van der Waals surface area (Å²) in [4.78, 5) is 7.20. The van der Waals surface area contributed by atoms with E-state index in [1.807, 2.05) is 0 Å². The Morgan fingerprint density at radius 3 is 2.38 bits per heavy atom. The molecule has 6 nitrogen and oxygen atoms in total. The van der Waals surface area contributed by atoms with E-state index in [0.717, 1.165) is 12.4 Å². The van der Waals surface area contributed by atoms with Gasteiger partial charge in [-0.1, -0.05) is 0 Å². The highest BCUT2D eigenvalue weighted by atomic mass is 79.9. The molecule has 112 valence electrons. The van der Waals surface area contributed by atoms with Crippen LogP contribution in [-0.2, 0) is 10.0 Å². The van der Waals surface area contributed by atoms with Crippen molar-refractivity contribution in [2.75, 3.05) is 11.8 Å². The number of rotatable bonds is 4. The van der Waals surface area contributed by atoms with E-state index >= 15 is 0 Å². The quantitative estimate of drug-likeness (QED) is 0.711. The highest BCUT2D eigenvalue weighted by molar-refractivity contribution is 9.11. The molecule has 0 amide bonds. The predicted molar refractivity (Wildman–Crippen MR) is 86.2 cm³/mol. The first-order valence-corrected chi connectivity index (χ1v) is 8.81. The van der Waals surface area contributed by atoms with E-state index in [1.54, 1.807) is 12.1 Å². The van der Waals surface area contributed by atoms with Gasteiger partial charge in [0.2, 0.25) is 5.28 Å². The summed E-state index contributed by atoms with van der Waals surface area (Å²) in [5, 5.41) is -0.0274. The van der Waals surface area contributed by atoms with Crippen molar-refractivity contribution in [1.29, 1.82) is 0 Å². The molecule has 0 saturated heterocycles. The number of nitrogens with zero attached hydrogens (tertiary/aromatic N) is 2. The van der Waals surface area contributed by atoms with Crippen molar-refractivity contribution in [1.82, 2.24) is 9.97 Å². The molecule has 0 fully saturated rings. The first-order chi connectivity index (χ1) is 9.83. The third-order valence-corrected chi connectivity index (χ3v) is 5.18. The summed E-state index contributed by atoms with van der Waals surface area (Å²) in [6.45, 7) is 0. The minimum atomic E-state index is -3.82. The minimum Gasteiger partial charge on any atom is -0.495 e. The number of hydrogen-bond donors (Lipinski definition) is 1. The molecule has 1 N–H and O–H groups in total. The summed E-state index contributed by atoms with van der Waals surface area (Å²) in [6, 6.07) is 3.22. The van der Waals surface area contributed by atoms with Gasteiger partial charge in [-0.2, -0.15) is 0 Å². The van der Waals surface area contributed by atoms with Gasteiger partial charge >= 0.3 is 0 Å². The Labute approximate surface area is 143 Å². The fourth-order valence-electron chi connectivity index (χ4n) is 1.41. The van der Waals surface area contributed by atoms with Crippen LogP contribution in [0.5, 0.6) is 5.75 Å². The van der Waals surface area contributed by atoms with Gasteiger partial charge < -0.3 is 4.74 Å². The largest absolute Gasteiger partial charge is 0.495 e. The molecule has 0 saturated carbocycles. The lowest BCUT2D eigenvalue weighted by molar-refractivity contribution is 0.412. The maximum atomic E-state index is 12.2. The number of nitrogens with one attached hydrogen (secondary N) is 1. The summed E-state index contributed by atoms with van der Waals surface area (Å²) in [6.07, 6.45) is 2.25. The normalized spacial score (nSPS) is 11.2. The van der Waals surface area contributed by atoms with Crippen molar-refractivity contribution in [3.63, 3.8) is 0 Å². The zero-order valence-corrected chi connectivity index (χ0v) is 15.2. The Morgan fingerprint density at radius 2 is 1.81 bits per heavy atom. The molecule has 0 aliphatic heterocycles. The molecule has 0 aliphatic carbocycles. The molecule has 2 rings (SSSR count). The van der Waals surface area contributed by atoms with E-state index < -0.39 is 10.0 Å². The topological polar surface area (TPSA) is 81.2 Å². The van der Waals surface area contributed by atoms with Crippen LogP contribution < -0.4 is 9.46 Å². The number of sulfonamides is 1. The molecule has 1 aromatic heterocycles. The van der Waals surface area contributed by atoms with E-state index in [2.05, 4.69) is 46.5 Å². The molecule has 1 aromatic carbocycles. The molecule has 10 heteroatoms. The molecule has 0 bridgehead atoms. The zero-order chi connectivity index (χ0) is 15.6. The van der Waals surface area contributed by atoms with Gasteiger partial charge in [0, 0.05) is 10.5 Å². The van der Waals surface area contributed by atoms with Crippen LogP contribution in [0, 0.1) is 0 Å². The smallest absolute Gasteiger partial charge is 0.265 e. The van der Waals surface area contributed by atoms with Crippen LogP contribution in [0.3, 0.4) is 0 Å². The van der Waals surface area contributed by atoms with Crippen molar-refractivity contribution in [3.8, 4) is 5.75 Å². The van der Waals surface area contributed by atoms with Gasteiger partial charge in [-0.25, -0.2) is 18.4 Å². The van der Waals surface area contributed by atoms with Crippen LogP contribution in [-0.4, -0.2) is 25.5 Å². The Bertz CT molecular complexity index is 769. The fourth-order valence-corrected chi connectivity index (χ4v) is 3.85. The zero-order valence-electron chi connectivity index (χ0n) is 10.5. The minimum absolute atomic E-state index is 0.0274. The lowest BCUT2D eigenvalue weighted by Crippen LogP contribution is -2.14. The lowest BCUT2D eigenvalue weighted by atomic mass is 10.3. The number of hydrogen-bond acceptors (Lipinski definition) is 5. The molecule has 0 atom stereocenters. The molecular weight excluding hydrogens is 449 g/mol. The Balaban J connectivity index is 2.39. The first kappa shape index (κ1) is 16.5. The third-order valence-electron chi connectivity index (χ3n) is 2.39. The van der Waals surface area contributed by atoms with Crippen LogP contribution in [0.15, 0.2) is 38.4 Å². The summed E-state index contributed by atoms with van der Waals surface area (Å²) >= 11 is 12.1. The molecule has 0 aliphatic rings. The molecule has 21 heavy (non-hydrogen) atoms. The molecule has 0 radical (unpaired) electrons. The van der Waals surface area contributed by atoms with Crippen molar-refractivity contribution in [2.45, 2.75) is 4.90 Å². The first-order valence-electron chi connectivity index (χ1n) is 5.37. The van der Waals surface area contributed by atoms with Crippen LogP contribution in [0.2, 0.25) is 5.28 Å². The maximum absolute atomic E-state index is 12.2. The van der Waals surface area contributed by atoms with Gasteiger partial charge in [0.1, 0.15) is 10.6 Å². The van der Waals surface area contributed by atoms with Gasteiger partial charge in [-0.15, -0.1) is 0 Å². The third kappa shape index (κ3) is 3.85. The van der Waals surface area contributed by atoms with Gasteiger partial charge in [-0.05, 0) is 49.5 Å². The number of methoxy groups -OCH3 is 1.